The van der Waals surface area contributed by atoms with E-state index in [0.29, 0.717) is 165 Å². The molecule has 0 atom stereocenters. The van der Waals surface area contributed by atoms with E-state index in [-0.39, 0.29) is 46.4 Å². The van der Waals surface area contributed by atoms with Gasteiger partial charge in [-0.05, 0) is 116 Å². The molecule has 0 aromatic rings. The second kappa shape index (κ2) is 88.7. The highest BCUT2D eigenvalue weighted by Crippen LogP contribution is 2.11. The smallest absolute Gasteiger partial charge is 0.305 e. The average molecular weight is 1240 g/mol. The van der Waals surface area contributed by atoms with E-state index in [0.717, 1.165) is 83.5 Å². The van der Waals surface area contributed by atoms with Crippen LogP contribution in [0.2, 0.25) is 0 Å². The van der Waals surface area contributed by atoms with E-state index in [2.05, 4.69) is 48.6 Å². The largest absolute Gasteiger partial charge is 0.481 e. The van der Waals surface area contributed by atoms with Crippen molar-refractivity contribution in [2.45, 2.75) is 187 Å². The first-order valence-electron chi connectivity index (χ1n) is 32.4. The lowest BCUT2D eigenvalue weighted by molar-refractivity contribution is -0.145. The first kappa shape index (κ1) is 89.7. The van der Waals surface area contributed by atoms with E-state index in [1.807, 2.05) is 0 Å². The Kier molecular flexibility index (Phi) is 92.4. The Morgan fingerprint density at radius 3 is 0.779 bits per heavy atom. The third-order valence-corrected chi connectivity index (χ3v) is 12.2. The number of carbonyl (C=O) groups excluding carboxylic acids is 1. The Balaban J connectivity index is -0.000000643. The molecule has 0 radical (unpaired) electrons. The fraction of sp³-hybridized carbons (Fsp3) is 0.851. The molecular weight excluding hydrogens is 1110 g/mol. The Morgan fingerprint density at radius 1 is 0.302 bits per heavy atom. The SMILES string of the molecule is C.COCCOCCOCCOCCOCCOCCO.COCCOCCOCCOCCOCCOCCOC(=O)CCC/C=C\CCCCCCC/C=C\CCCCCF.O=C(O)CCC/C=C\CCCCCCC/C=C\CCCCCF. The standard InChI is InChI=1S/C33H61FO8.C20H35FO2.C13H28O7.CH4/c1-36-21-22-37-23-24-38-25-26-39-27-28-40-29-30-41-31-32-42-33(35)19-17-15-13-11-9-7-5-3-2-4-6-8-10-12-14-16-18-20-34;21-19-17-15-13-11-9-7-5-3-1-2-4-6-8-10-12-14-16-18-20(22)23;1-15-4-5-17-8-9-19-12-13-20-11-10-18-7-6-16-3-2-14;/h8,10-11,13H,2-7,9,12,14-32H2,1H3;7,9-10,12H,1-6,8,11,13-19H2,(H,22,23);14H,2-13H2,1H3;1H4/b10-8-,13-11-;9-7-,12-10-;;. The Hall–Kier alpha value is -2.76. The van der Waals surface area contributed by atoms with Crippen LogP contribution in [0.1, 0.15) is 187 Å². The number of methoxy groups -OCH3 is 2. The molecule has 0 fully saturated rings. The number of ether oxygens (including phenoxy) is 13. The zero-order valence-electron chi connectivity index (χ0n) is 53.6. The Morgan fingerprint density at radius 2 is 0.523 bits per heavy atom. The fourth-order valence-corrected chi connectivity index (χ4v) is 7.45. The summed E-state index contributed by atoms with van der Waals surface area (Å²) in [6, 6.07) is 0. The summed E-state index contributed by atoms with van der Waals surface area (Å²) < 4.78 is 92.0. The van der Waals surface area contributed by atoms with Crippen LogP contribution in [0.4, 0.5) is 8.78 Å². The highest BCUT2D eigenvalue weighted by molar-refractivity contribution is 5.69. The molecule has 512 valence electrons. The lowest BCUT2D eigenvalue weighted by atomic mass is 10.1. The molecular formula is C67H128F2O17. The number of hydrogen-bond acceptors (Lipinski definition) is 16. The Bertz CT molecular complexity index is 1350. The van der Waals surface area contributed by atoms with Gasteiger partial charge in [0.15, 0.2) is 0 Å². The van der Waals surface area contributed by atoms with Gasteiger partial charge < -0.3 is 71.8 Å². The molecule has 0 rings (SSSR count). The number of aliphatic carboxylic acids is 1. The number of carboxylic acid groups (broad SMARTS) is 1. The van der Waals surface area contributed by atoms with Crippen molar-refractivity contribution in [1.82, 2.24) is 0 Å². The van der Waals surface area contributed by atoms with E-state index < -0.39 is 5.97 Å². The second-order valence-corrected chi connectivity index (χ2v) is 19.9. The minimum absolute atomic E-state index is 0. The summed E-state index contributed by atoms with van der Waals surface area (Å²) in [6.07, 6.45) is 46.9. The predicted molar refractivity (Wildman–Crippen MR) is 342 cm³/mol. The lowest BCUT2D eigenvalue weighted by Crippen LogP contribution is -2.15. The number of rotatable bonds is 69. The molecule has 86 heavy (non-hydrogen) atoms. The second-order valence-electron chi connectivity index (χ2n) is 19.9. The molecule has 19 heteroatoms. The van der Waals surface area contributed by atoms with Crippen LogP contribution in [0.15, 0.2) is 48.6 Å². The third kappa shape index (κ3) is 94.9. The molecule has 0 aromatic heterocycles. The topological polar surface area (TPSA) is 195 Å². The maximum absolute atomic E-state index is 12.0. The van der Waals surface area contributed by atoms with Gasteiger partial charge in [0.1, 0.15) is 6.61 Å². The molecule has 0 saturated carbocycles. The number of allylic oxidation sites excluding steroid dienone is 8. The molecule has 0 aliphatic carbocycles. The van der Waals surface area contributed by atoms with Gasteiger partial charge in [-0.2, -0.15) is 0 Å². The normalized spacial score (nSPS) is 11.5. The fourth-order valence-electron chi connectivity index (χ4n) is 7.45. The number of carbonyl (C=O) groups is 2. The van der Waals surface area contributed by atoms with Crippen LogP contribution >= 0.6 is 0 Å². The molecule has 2 N–H and O–H groups in total. The molecule has 0 spiro atoms. The molecule has 0 heterocycles. The van der Waals surface area contributed by atoms with Gasteiger partial charge in [-0.15, -0.1) is 0 Å². The van der Waals surface area contributed by atoms with Gasteiger partial charge in [-0.25, -0.2) is 0 Å². The zero-order chi connectivity index (χ0) is 62.2. The molecule has 0 aliphatic rings. The number of unbranched alkanes of at least 4 members (excludes halogenated alkanes) is 20. The van der Waals surface area contributed by atoms with Crippen LogP contribution in [-0.4, -0.2) is 208 Å². The number of halogens is 2. The van der Waals surface area contributed by atoms with E-state index >= 15 is 0 Å². The highest BCUT2D eigenvalue weighted by atomic mass is 19.1. The first-order chi connectivity index (χ1) is 42.0. The molecule has 0 bridgehead atoms. The lowest BCUT2D eigenvalue weighted by Gasteiger charge is -2.08. The van der Waals surface area contributed by atoms with Gasteiger partial charge in [0.2, 0.25) is 0 Å². The number of aliphatic hydroxyl groups is 1. The number of esters is 1. The summed E-state index contributed by atoms with van der Waals surface area (Å²) in [4.78, 5) is 22.1. The van der Waals surface area contributed by atoms with Crippen molar-refractivity contribution >= 4 is 11.9 Å². The van der Waals surface area contributed by atoms with Crippen molar-refractivity contribution in [1.29, 1.82) is 0 Å². The highest BCUT2D eigenvalue weighted by Gasteiger charge is 2.03. The van der Waals surface area contributed by atoms with Crippen molar-refractivity contribution in [2.24, 2.45) is 0 Å². The summed E-state index contributed by atoms with van der Waals surface area (Å²) in [5.41, 5.74) is 0. The van der Waals surface area contributed by atoms with Crippen molar-refractivity contribution in [3.63, 3.8) is 0 Å². The summed E-state index contributed by atoms with van der Waals surface area (Å²) in [6.45, 7) is 11.4. The molecule has 0 unspecified atom stereocenters. The molecule has 17 nitrogen and oxygen atoms in total. The molecule has 0 saturated heterocycles. The van der Waals surface area contributed by atoms with Gasteiger partial charge in [-0.3, -0.25) is 18.4 Å². The van der Waals surface area contributed by atoms with Gasteiger partial charge in [0.25, 0.3) is 0 Å². The Labute approximate surface area is 522 Å². The third-order valence-electron chi connectivity index (χ3n) is 12.2. The maximum Gasteiger partial charge on any atom is 0.305 e. The predicted octanol–water partition coefficient (Wildman–Crippen LogP) is 13.8. The van der Waals surface area contributed by atoms with Crippen LogP contribution in [0, 0.1) is 0 Å². The molecule has 0 amide bonds. The van der Waals surface area contributed by atoms with E-state index in [4.69, 9.17) is 71.8 Å². The van der Waals surface area contributed by atoms with Crippen molar-refractivity contribution < 1.29 is 90.2 Å². The van der Waals surface area contributed by atoms with Crippen LogP contribution in [0.25, 0.3) is 0 Å². The summed E-state index contributed by atoms with van der Waals surface area (Å²) >= 11 is 0. The van der Waals surface area contributed by atoms with Gasteiger partial charge in [0, 0.05) is 27.1 Å². The van der Waals surface area contributed by atoms with E-state index in [9.17, 15) is 18.4 Å². The van der Waals surface area contributed by atoms with E-state index in [1.54, 1.807) is 14.2 Å². The van der Waals surface area contributed by atoms with Gasteiger partial charge >= 0.3 is 11.9 Å². The minimum atomic E-state index is -0.704. The van der Waals surface area contributed by atoms with Crippen molar-refractivity contribution in [3.8, 4) is 0 Å². The number of hydrogen-bond donors (Lipinski definition) is 2. The summed E-state index contributed by atoms with van der Waals surface area (Å²) in [5, 5.41) is 17.0. The minimum Gasteiger partial charge on any atom is -0.481 e. The van der Waals surface area contributed by atoms with Gasteiger partial charge in [0.05, 0.1) is 165 Å². The summed E-state index contributed by atoms with van der Waals surface area (Å²) in [7, 11) is 3.29. The van der Waals surface area contributed by atoms with Crippen LogP contribution < -0.4 is 0 Å². The van der Waals surface area contributed by atoms with Crippen LogP contribution in [0.5, 0.6) is 0 Å². The quantitative estimate of drug-likeness (QED) is 0.0331. The average Bonchev–Trinajstić information content (AvgIpc) is 3.50. The monoisotopic (exact) mass is 1240 g/mol. The van der Waals surface area contributed by atoms with Gasteiger partial charge in [-0.1, -0.05) is 107 Å². The first-order valence-corrected chi connectivity index (χ1v) is 32.4. The number of aliphatic hydroxyl groups excluding tert-OH is 1. The van der Waals surface area contributed by atoms with Crippen molar-refractivity contribution in [2.75, 3.05) is 186 Å². The van der Waals surface area contributed by atoms with E-state index in [1.165, 1.54) is 70.6 Å². The number of alkyl halides is 2. The maximum atomic E-state index is 12.0. The number of carboxylic acids is 1. The summed E-state index contributed by atoms with van der Waals surface area (Å²) in [5.74, 6) is -0.875. The van der Waals surface area contributed by atoms with Crippen LogP contribution in [0.3, 0.4) is 0 Å². The zero-order valence-corrected chi connectivity index (χ0v) is 53.6. The van der Waals surface area contributed by atoms with Crippen LogP contribution in [-0.2, 0) is 71.2 Å². The van der Waals surface area contributed by atoms with Crippen molar-refractivity contribution in [3.05, 3.63) is 48.6 Å². The molecule has 0 aromatic carbocycles. The molecule has 0 aliphatic heterocycles.